The molecule has 0 bridgehead atoms. The van der Waals surface area contributed by atoms with Gasteiger partial charge in [0.2, 0.25) is 5.91 Å². The van der Waals surface area contributed by atoms with Crippen LogP contribution in [0.15, 0.2) is 33.6 Å². The molecule has 0 radical (unpaired) electrons. The Morgan fingerprint density at radius 2 is 2.00 bits per heavy atom. The third kappa shape index (κ3) is 3.17. The van der Waals surface area contributed by atoms with Crippen molar-refractivity contribution in [2.45, 2.75) is 44.0 Å². The Balaban J connectivity index is 1.69. The predicted octanol–water partition coefficient (Wildman–Crippen LogP) is 1.76. The second-order valence-electron chi connectivity index (χ2n) is 6.47. The maximum absolute atomic E-state index is 12.2. The molecule has 0 aliphatic carbocycles. The van der Waals surface area contributed by atoms with E-state index in [1.54, 1.807) is 18.2 Å². The maximum Gasteiger partial charge on any atom is 0.285 e. The fourth-order valence-corrected chi connectivity index (χ4v) is 4.36. The molecule has 2 heterocycles. The first-order valence-corrected chi connectivity index (χ1v) is 9.86. The van der Waals surface area contributed by atoms with E-state index in [2.05, 4.69) is 9.71 Å². The number of fused-ring (bicyclic) bond motifs is 1. The monoisotopic (exact) mass is 349 g/mol. The Hall–Kier alpha value is -1.89. The molecule has 1 saturated heterocycles. The molecule has 1 fully saturated rings. The van der Waals surface area contributed by atoms with Crippen molar-refractivity contribution < 1.29 is 13.2 Å². The lowest BCUT2D eigenvalue weighted by molar-refractivity contribution is -0.126. The molecule has 1 aromatic rings. The number of nitrogens with one attached hydrogen (secondary N) is 1. The minimum Gasteiger partial charge on any atom is -0.355 e. The van der Waals surface area contributed by atoms with Crippen molar-refractivity contribution in [2.24, 2.45) is 10.3 Å². The highest BCUT2D eigenvalue weighted by atomic mass is 32.2. The summed E-state index contributed by atoms with van der Waals surface area (Å²) in [5.74, 6) is 0.612. The van der Waals surface area contributed by atoms with Gasteiger partial charge in [0.25, 0.3) is 10.0 Å². The minimum atomic E-state index is -3.59. The van der Waals surface area contributed by atoms with Crippen LogP contribution in [-0.4, -0.2) is 44.2 Å². The van der Waals surface area contributed by atoms with Gasteiger partial charge in [-0.15, -0.1) is 4.40 Å². The lowest BCUT2D eigenvalue weighted by atomic mass is 9.95. The molecule has 1 amide bonds. The number of rotatable bonds is 3. The minimum absolute atomic E-state index is 0.0101. The van der Waals surface area contributed by atoms with E-state index in [1.165, 1.54) is 0 Å². The van der Waals surface area contributed by atoms with Gasteiger partial charge in [-0.3, -0.25) is 4.79 Å². The molecule has 130 valence electrons. The van der Waals surface area contributed by atoms with Crippen LogP contribution in [0.2, 0.25) is 0 Å². The molecule has 24 heavy (non-hydrogen) atoms. The SMILES string of the molecule is CCC(C)NC(=O)C1CCN(C2=NS(=O)(=O)c3ccccc32)CC1. The molecule has 2 aliphatic heterocycles. The van der Waals surface area contributed by atoms with E-state index in [0.29, 0.717) is 37.3 Å². The summed E-state index contributed by atoms with van der Waals surface area (Å²) in [6, 6.07) is 7.10. The quantitative estimate of drug-likeness (QED) is 0.902. The van der Waals surface area contributed by atoms with E-state index >= 15 is 0 Å². The standard InChI is InChI=1S/C17H23N3O3S/c1-3-12(2)18-17(21)13-8-10-20(11-9-13)16-14-6-4-5-7-15(14)24(22,23)19-16/h4-7,12-13H,3,8-11H2,1-2H3,(H,18,21). The zero-order valence-corrected chi connectivity index (χ0v) is 14.8. The van der Waals surface area contributed by atoms with Gasteiger partial charge in [-0.1, -0.05) is 19.1 Å². The summed E-state index contributed by atoms with van der Waals surface area (Å²) in [5, 5.41) is 3.03. The predicted molar refractivity (Wildman–Crippen MR) is 92.4 cm³/mol. The van der Waals surface area contributed by atoms with Gasteiger partial charge >= 0.3 is 0 Å². The third-order valence-electron chi connectivity index (χ3n) is 4.78. The van der Waals surface area contributed by atoms with Crippen LogP contribution in [0.25, 0.3) is 0 Å². The maximum atomic E-state index is 12.2. The summed E-state index contributed by atoms with van der Waals surface area (Å²) in [6.45, 7) is 5.33. The summed E-state index contributed by atoms with van der Waals surface area (Å²) >= 11 is 0. The third-order valence-corrected chi connectivity index (χ3v) is 6.10. The van der Waals surface area contributed by atoms with Crippen molar-refractivity contribution in [2.75, 3.05) is 13.1 Å². The van der Waals surface area contributed by atoms with Crippen molar-refractivity contribution >= 4 is 21.8 Å². The van der Waals surface area contributed by atoms with Gasteiger partial charge in [0.1, 0.15) is 4.90 Å². The van der Waals surface area contributed by atoms with Crippen LogP contribution in [0.5, 0.6) is 0 Å². The first-order chi connectivity index (χ1) is 11.4. The van der Waals surface area contributed by atoms with Crippen molar-refractivity contribution in [3.05, 3.63) is 29.8 Å². The molecular weight excluding hydrogens is 326 g/mol. The van der Waals surface area contributed by atoms with Crippen LogP contribution in [0.4, 0.5) is 0 Å². The molecule has 6 nitrogen and oxygen atoms in total. The van der Waals surface area contributed by atoms with Gasteiger partial charge in [0.05, 0.1) is 0 Å². The molecule has 3 rings (SSSR count). The van der Waals surface area contributed by atoms with E-state index in [1.807, 2.05) is 24.8 Å². The average molecular weight is 349 g/mol. The first kappa shape index (κ1) is 17.0. The van der Waals surface area contributed by atoms with E-state index in [0.717, 1.165) is 6.42 Å². The largest absolute Gasteiger partial charge is 0.355 e. The zero-order chi connectivity index (χ0) is 17.3. The number of amides is 1. The molecule has 2 aliphatic rings. The first-order valence-electron chi connectivity index (χ1n) is 8.42. The van der Waals surface area contributed by atoms with Gasteiger partial charge in [-0.2, -0.15) is 8.42 Å². The normalized spacial score (nSPS) is 21.1. The van der Waals surface area contributed by atoms with Gasteiger partial charge in [0, 0.05) is 30.6 Å². The Morgan fingerprint density at radius 1 is 1.33 bits per heavy atom. The molecule has 0 aromatic heterocycles. The highest BCUT2D eigenvalue weighted by Gasteiger charge is 2.34. The number of carbonyl (C=O) groups excluding carboxylic acids is 1. The summed E-state index contributed by atoms with van der Waals surface area (Å²) in [4.78, 5) is 14.5. The average Bonchev–Trinajstić information content (AvgIpc) is 2.87. The number of piperidine rings is 1. The van der Waals surface area contributed by atoms with Crippen molar-refractivity contribution in [1.29, 1.82) is 0 Å². The molecular formula is C17H23N3O3S. The second kappa shape index (κ2) is 6.55. The van der Waals surface area contributed by atoms with Crippen molar-refractivity contribution in [3.63, 3.8) is 0 Å². The molecule has 0 saturated carbocycles. The van der Waals surface area contributed by atoms with E-state index in [-0.39, 0.29) is 22.8 Å². The highest BCUT2D eigenvalue weighted by Crippen LogP contribution is 2.29. The number of carbonyl (C=O) groups is 1. The summed E-state index contributed by atoms with van der Waals surface area (Å²) in [6.07, 6.45) is 2.34. The number of sulfonamides is 1. The van der Waals surface area contributed by atoms with Gasteiger partial charge < -0.3 is 10.2 Å². The second-order valence-corrected chi connectivity index (χ2v) is 8.04. The smallest absolute Gasteiger partial charge is 0.285 e. The van der Waals surface area contributed by atoms with Crippen LogP contribution in [0.1, 0.15) is 38.7 Å². The van der Waals surface area contributed by atoms with E-state index in [9.17, 15) is 13.2 Å². The zero-order valence-electron chi connectivity index (χ0n) is 14.0. The number of benzene rings is 1. The highest BCUT2D eigenvalue weighted by molar-refractivity contribution is 7.90. The number of hydrogen-bond acceptors (Lipinski definition) is 4. The van der Waals surface area contributed by atoms with Crippen molar-refractivity contribution in [3.8, 4) is 0 Å². The van der Waals surface area contributed by atoms with Crippen LogP contribution in [-0.2, 0) is 14.8 Å². The molecule has 1 unspecified atom stereocenters. The van der Waals surface area contributed by atoms with Crippen LogP contribution in [0, 0.1) is 5.92 Å². The number of hydrogen-bond donors (Lipinski definition) is 1. The Kier molecular flexibility index (Phi) is 4.62. The Morgan fingerprint density at radius 3 is 2.67 bits per heavy atom. The Labute approximate surface area is 143 Å². The van der Waals surface area contributed by atoms with Crippen LogP contribution in [0.3, 0.4) is 0 Å². The summed E-state index contributed by atoms with van der Waals surface area (Å²) in [7, 11) is -3.59. The van der Waals surface area contributed by atoms with Crippen LogP contribution >= 0.6 is 0 Å². The molecule has 0 spiro atoms. The lowest BCUT2D eigenvalue weighted by Gasteiger charge is -2.33. The number of nitrogens with zero attached hydrogens (tertiary/aromatic N) is 2. The summed E-state index contributed by atoms with van der Waals surface area (Å²) < 4.78 is 28.3. The fourth-order valence-electron chi connectivity index (χ4n) is 3.13. The van der Waals surface area contributed by atoms with Crippen molar-refractivity contribution in [1.82, 2.24) is 10.2 Å². The summed E-state index contributed by atoms with van der Waals surface area (Å²) in [5.41, 5.74) is 0.667. The fraction of sp³-hybridized carbons (Fsp3) is 0.529. The number of likely N-dealkylation sites (tertiary alicyclic amines) is 1. The van der Waals surface area contributed by atoms with Gasteiger partial charge in [-0.25, -0.2) is 0 Å². The molecule has 1 N–H and O–H groups in total. The molecule has 1 aromatic carbocycles. The molecule has 1 atom stereocenters. The topological polar surface area (TPSA) is 78.8 Å². The van der Waals surface area contributed by atoms with Gasteiger partial charge in [-0.05, 0) is 38.3 Å². The Bertz CT molecular complexity index is 765. The van der Waals surface area contributed by atoms with Gasteiger partial charge in [0.15, 0.2) is 5.84 Å². The number of amidine groups is 1. The lowest BCUT2D eigenvalue weighted by Crippen LogP contribution is -2.44. The molecule has 7 heteroatoms. The van der Waals surface area contributed by atoms with E-state index < -0.39 is 10.0 Å². The van der Waals surface area contributed by atoms with E-state index in [4.69, 9.17) is 0 Å². The van der Waals surface area contributed by atoms with Crippen LogP contribution < -0.4 is 5.32 Å².